The van der Waals surface area contributed by atoms with Crippen molar-refractivity contribution in [3.8, 4) is 11.5 Å². The van der Waals surface area contributed by atoms with E-state index in [-0.39, 0.29) is 11.6 Å². The standard InChI is InChI=1S/C20H18FNO4/c1-3-10-25-18-13(6-5-9-17(18)24-2)12-16-20(23)26-19(22-16)14-7-4-8-15(21)11-14/h4-9,11-12H,3,10H2,1-2H3/b16-12-. The Kier molecular flexibility index (Phi) is 5.31. The van der Waals surface area contributed by atoms with Crippen molar-refractivity contribution in [3.05, 3.63) is 65.1 Å². The molecule has 0 radical (unpaired) electrons. The van der Waals surface area contributed by atoms with Crippen LogP contribution in [0.3, 0.4) is 0 Å². The number of carbonyl (C=O) groups is 1. The van der Waals surface area contributed by atoms with Gasteiger partial charge in [-0.25, -0.2) is 14.2 Å². The van der Waals surface area contributed by atoms with Gasteiger partial charge in [-0.15, -0.1) is 0 Å². The molecule has 2 aromatic carbocycles. The first kappa shape index (κ1) is 17.7. The van der Waals surface area contributed by atoms with Crippen LogP contribution in [0.1, 0.15) is 24.5 Å². The third-order valence-electron chi connectivity index (χ3n) is 3.66. The fraction of sp³-hybridized carbons (Fsp3) is 0.200. The summed E-state index contributed by atoms with van der Waals surface area (Å²) in [5.74, 6) is 0.134. The minimum absolute atomic E-state index is 0.0691. The lowest BCUT2D eigenvalue weighted by Crippen LogP contribution is -2.05. The Morgan fingerprint density at radius 2 is 2.04 bits per heavy atom. The van der Waals surface area contributed by atoms with Crippen molar-refractivity contribution in [1.82, 2.24) is 0 Å². The van der Waals surface area contributed by atoms with Gasteiger partial charge in [-0.2, -0.15) is 0 Å². The second kappa shape index (κ2) is 7.82. The molecule has 0 saturated heterocycles. The molecule has 0 unspecified atom stereocenters. The summed E-state index contributed by atoms with van der Waals surface area (Å²) in [7, 11) is 1.55. The summed E-state index contributed by atoms with van der Waals surface area (Å²) in [6.07, 6.45) is 2.40. The fourth-order valence-electron chi connectivity index (χ4n) is 2.47. The highest BCUT2D eigenvalue weighted by Gasteiger charge is 2.25. The number of ether oxygens (including phenoxy) is 3. The number of para-hydroxylation sites is 1. The predicted octanol–water partition coefficient (Wildman–Crippen LogP) is 3.97. The lowest BCUT2D eigenvalue weighted by molar-refractivity contribution is -0.129. The van der Waals surface area contributed by atoms with Crippen LogP contribution in [-0.4, -0.2) is 25.6 Å². The quantitative estimate of drug-likeness (QED) is 0.581. The molecule has 0 saturated carbocycles. The molecule has 2 aromatic rings. The van der Waals surface area contributed by atoms with Crippen LogP contribution >= 0.6 is 0 Å². The van der Waals surface area contributed by atoms with Gasteiger partial charge in [0.25, 0.3) is 0 Å². The van der Waals surface area contributed by atoms with Crippen LogP contribution in [0, 0.1) is 5.82 Å². The van der Waals surface area contributed by atoms with Crippen molar-refractivity contribution in [2.75, 3.05) is 13.7 Å². The molecule has 0 amide bonds. The van der Waals surface area contributed by atoms with E-state index >= 15 is 0 Å². The zero-order chi connectivity index (χ0) is 18.5. The summed E-state index contributed by atoms with van der Waals surface area (Å²) in [5.41, 5.74) is 1.16. The van der Waals surface area contributed by atoms with Crippen molar-refractivity contribution in [1.29, 1.82) is 0 Å². The zero-order valence-corrected chi connectivity index (χ0v) is 14.5. The normalized spacial score (nSPS) is 15.0. The minimum atomic E-state index is -0.603. The Morgan fingerprint density at radius 3 is 2.77 bits per heavy atom. The van der Waals surface area contributed by atoms with Gasteiger partial charge in [0.15, 0.2) is 17.2 Å². The topological polar surface area (TPSA) is 57.1 Å². The lowest BCUT2D eigenvalue weighted by Gasteiger charge is -2.12. The summed E-state index contributed by atoms with van der Waals surface area (Å²) in [4.78, 5) is 16.4. The predicted molar refractivity (Wildman–Crippen MR) is 95.8 cm³/mol. The minimum Gasteiger partial charge on any atom is -0.493 e. The smallest absolute Gasteiger partial charge is 0.363 e. The van der Waals surface area contributed by atoms with Crippen molar-refractivity contribution in [2.24, 2.45) is 4.99 Å². The molecule has 0 fully saturated rings. The molecule has 6 heteroatoms. The Bertz CT molecular complexity index is 889. The lowest BCUT2D eigenvalue weighted by atomic mass is 10.1. The SMILES string of the molecule is CCCOc1c(/C=C2\N=C(c3cccc(F)c3)OC2=O)cccc1OC. The van der Waals surface area contributed by atoms with Crippen molar-refractivity contribution >= 4 is 17.9 Å². The van der Waals surface area contributed by atoms with Crippen molar-refractivity contribution < 1.29 is 23.4 Å². The van der Waals surface area contributed by atoms with E-state index < -0.39 is 11.8 Å². The van der Waals surface area contributed by atoms with Crippen LogP contribution in [0.4, 0.5) is 4.39 Å². The summed E-state index contributed by atoms with van der Waals surface area (Å²) in [6, 6.07) is 11.1. The van der Waals surface area contributed by atoms with Crippen LogP contribution in [0.25, 0.3) is 6.08 Å². The second-order valence-corrected chi connectivity index (χ2v) is 5.57. The molecule has 0 bridgehead atoms. The number of nitrogens with zero attached hydrogens (tertiary/aromatic N) is 1. The van der Waals surface area contributed by atoms with Gasteiger partial charge in [0.1, 0.15) is 5.82 Å². The van der Waals surface area contributed by atoms with E-state index in [1.54, 1.807) is 37.5 Å². The second-order valence-electron chi connectivity index (χ2n) is 5.57. The molecule has 1 aliphatic heterocycles. The Morgan fingerprint density at radius 1 is 1.23 bits per heavy atom. The number of hydrogen-bond acceptors (Lipinski definition) is 5. The summed E-state index contributed by atoms with van der Waals surface area (Å²) in [6.45, 7) is 2.51. The maximum atomic E-state index is 13.4. The molecular weight excluding hydrogens is 337 g/mol. The highest BCUT2D eigenvalue weighted by molar-refractivity contribution is 6.13. The molecule has 3 rings (SSSR count). The first-order chi connectivity index (χ1) is 12.6. The van der Waals surface area contributed by atoms with Crippen LogP contribution in [-0.2, 0) is 9.53 Å². The van der Waals surface area contributed by atoms with Crippen molar-refractivity contribution in [2.45, 2.75) is 13.3 Å². The van der Waals surface area contributed by atoms with Gasteiger partial charge >= 0.3 is 5.97 Å². The van der Waals surface area contributed by atoms with E-state index in [2.05, 4.69) is 4.99 Å². The molecule has 0 atom stereocenters. The van der Waals surface area contributed by atoms with E-state index in [0.717, 1.165) is 6.42 Å². The zero-order valence-electron chi connectivity index (χ0n) is 14.5. The number of aliphatic imine (C=N–C) groups is 1. The van der Waals surface area contributed by atoms with E-state index in [1.807, 2.05) is 6.92 Å². The number of halogens is 1. The van der Waals surface area contributed by atoms with E-state index in [9.17, 15) is 9.18 Å². The highest BCUT2D eigenvalue weighted by atomic mass is 19.1. The monoisotopic (exact) mass is 355 g/mol. The summed E-state index contributed by atoms with van der Waals surface area (Å²) < 4.78 is 29.6. The van der Waals surface area contributed by atoms with Gasteiger partial charge in [-0.1, -0.05) is 25.1 Å². The third kappa shape index (κ3) is 3.74. The first-order valence-corrected chi connectivity index (χ1v) is 8.20. The van der Waals surface area contributed by atoms with Gasteiger partial charge in [-0.3, -0.25) is 0 Å². The number of benzene rings is 2. The summed E-state index contributed by atoms with van der Waals surface area (Å²) in [5, 5.41) is 0. The summed E-state index contributed by atoms with van der Waals surface area (Å²) >= 11 is 0. The highest BCUT2D eigenvalue weighted by Crippen LogP contribution is 2.33. The molecule has 0 aromatic heterocycles. The Hall–Kier alpha value is -3.15. The van der Waals surface area contributed by atoms with Crippen LogP contribution < -0.4 is 9.47 Å². The largest absolute Gasteiger partial charge is 0.493 e. The van der Waals surface area contributed by atoms with Gasteiger partial charge in [0.2, 0.25) is 5.90 Å². The number of carbonyl (C=O) groups excluding carboxylic acids is 1. The van der Waals surface area contributed by atoms with E-state index in [4.69, 9.17) is 14.2 Å². The Labute approximate surface area is 150 Å². The Balaban J connectivity index is 1.98. The number of hydrogen-bond donors (Lipinski definition) is 0. The maximum absolute atomic E-state index is 13.4. The average molecular weight is 355 g/mol. The van der Waals surface area contributed by atoms with Gasteiger partial charge < -0.3 is 14.2 Å². The molecule has 5 nitrogen and oxygen atoms in total. The number of methoxy groups -OCH3 is 1. The number of rotatable bonds is 6. The van der Waals surface area contributed by atoms with Crippen LogP contribution in [0.5, 0.6) is 11.5 Å². The van der Waals surface area contributed by atoms with E-state index in [0.29, 0.717) is 29.2 Å². The fourth-order valence-corrected chi connectivity index (χ4v) is 2.47. The maximum Gasteiger partial charge on any atom is 0.363 e. The average Bonchev–Trinajstić information content (AvgIpc) is 3.01. The van der Waals surface area contributed by atoms with Crippen molar-refractivity contribution in [3.63, 3.8) is 0 Å². The van der Waals surface area contributed by atoms with Gasteiger partial charge in [0.05, 0.1) is 13.7 Å². The van der Waals surface area contributed by atoms with Gasteiger partial charge in [0, 0.05) is 11.1 Å². The molecule has 0 aliphatic carbocycles. The van der Waals surface area contributed by atoms with Crippen LogP contribution in [0.2, 0.25) is 0 Å². The van der Waals surface area contributed by atoms with Crippen LogP contribution in [0.15, 0.2) is 53.2 Å². The third-order valence-corrected chi connectivity index (χ3v) is 3.66. The molecule has 1 aliphatic rings. The molecule has 0 spiro atoms. The first-order valence-electron chi connectivity index (χ1n) is 8.20. The van der Waals surface area contributed by atoms with Gasteiger partial charge in [-0.05, 0) is 36.8 Å². The number of cyclic esters (lactones) is 1. The molecule has 134 valence electrons. The number of esters is 1. The van der Waals surface area contributed by atoms with E-state index in [1.165, 1.54) is 18.2 Å². The molecule has 26 heavy (non-hydrogen) atoms. The molecular formula is C20H18FNO4. The molecule has 0 N–H and O–H groups in total. The molecule has 1 heterocycles.